The van der Waals surface area contributed by atoms with Crippen LogP contribution in [0.1, 0.15) is 45.6 Å². The van der Waals surface area contributed by atoms with Crippen molar-refractivity contribution in [1.82, 2.24) is 10.2 Å². The molecule has 8 heteroatoms. The quantitative estimate of drug-likeness (QED) is 0.335. The molecule has 0 aliphatic heterocycles. The van der Waals surface area contributed by atoms with Gasteiger partial charge >= 0.3 is 0 Å². The van der Waals surface area contributed by atoms with Gasteiger partial charge in [0.25, 0.3) is 0 Å². The number of amides is 2. The van der Waals surface area contributed by atoms with Crippen LogP contribution in [0.3, 0.4) is 0 Å². The fraction of sp³-hybridized carbons (Fsp3) is 0.440. The average molecular weight is 514 g/mol. The topological polar surface area (TPSA) is 58.6 Å². The van der Waals surface area contributed by atoms with Gasteiger partial charge in [-0.1, -0.05) is 61.6 Å². The van der Waals surface area contributed by atoms with Gasteiger partial charge in [-0.3, -0.25) is 9.59 Å². The van der Waals surface area contributed by atoms with Crippen molar-refractivity contribution in [2.75, 3.05) is 13.2 Å². The van der Waals surface area contributed by atoms with Gasteiger partial charge in [0.15, 0.2) is 0 Å². The minimum absolute atomic E-state index is 0.155. The van der Waals surface area contributed by atoms with Gasteiger partial charge in [0.1, 0.15) is 11.8 Å². The molecule has 180 valence electrons. The van der Waals surface area contributed by atoms with E-state index in [4.69, 9.17) is 39.5 Å². The van der Waals surface area contributed by atoms with Crippen molar-refractivity contribution in [2.45, 2.75) is 52.6 Å². The summed E-state index contributed by atoms with van der Waals surface area (Å²) in [5, 5.41) is 4.50. The highest BCUT2D eigenvalue weighted by Gasteiger charge is 2.29. The second-order valence-electron chi connectivity index (χ2n) is 8.19. The number of ether oxygens (including phenoxy) is 1. The standard InChI is InChI=1S/C25H31Cl3N2O3/c1-4-23(25(32)29-15-17(2)3)30(16-20-21(27)7-5-8-22(20)28)24(31)9-6-14-33-19-12-10-18(26)11-13-19/h5,7-8,10-13,17,23H,4,6,9,14-16H2,1-3H3,(H,29,32). The van der Waals surface area contributed by atoms with Gasteiger partial charge in [-0.05, 0) is 55.2 Å². The third-order valence-electron chi connectivity index (χ3n) is 5.08. The zero-order chi connectivity index (χ0) is 24.4. The van der Waals surface area contributed by atoms with Crippen LogP contribution in [0.5, 0.6) is 5.75 Å². The van der Waals surface area contributed by atoms with Crippen LogP contribution in [0.2, 0.25) is 15.1 Å². The largest absolute Gasteiger partial charge is 0.494 e. The molecule has 0 aliphatic rings. The number of hydrogen-bond acceptors (Lipinski definition) is 3. The van der Waals surface area contributed by atoms with Crippen LogP contribution < -0.4 is 10.1 Å². The molecule has 0 saturated heterocycles. The normalized spacial score (nSPS) is 11.8. The lowest BCUT2D eigenvalue weighted by Gasteiger charge is -2.31. The van der Waals surface area contributed by atoms with Gasteiger partial charge in [-0.25, -0.2) is 0 Å². The molecule has 2 aromatic carbocycles. The van der Waals surface area contributed by atoms with Crippen LogP contribution in [-0.4, -0.2) is 35.9 Å². The zero-order valence-corrected chi connectivity index (χ0v) is 21.5. The highest BCUT2D eigenvalue weighted by atomic mass is 35.5. The zero-order valence-electron chi connectivity index (χ0n) is 19.2. The van der Waals surface area contributed by atoms with E-state index in [1.165, 1.54) is 0 Å². The van der Waals surface area contributed by atoms with Crippen molar-refractivity contribution in [3.63, 3.8) is 0 Å². The Morgan fingerprint density at radius 2 is 1.67 bits per heavy atom. The second-order valence-corrected chi connectivity index (χ2v) is 9.44. The number of nitrogens with zero attached hydrogens (tertiary/aromatic N) is 1. The van der Waals surface area contributed by atoms with E-state index in [1.807, 2.05) is 20.8 Å². The van der Waals surface area contributed by atoms with Gasteiger partial charge in [0.05, 0.1) is 6.61 Å². The minimum atomic E-state index is -0.624. The fourth-order valence-electron chi connectivity index (χ4n) is 3.28. The SMILES string of the molecule is CCC(C(=O)NCC(C)C)N(Cc1c(Cl)cccc1Cl)C(=O)CCCOc1ccc(Cl)cc1. The number of hydrogen-bond donors (Lipinski definition) is 1. The van der Waals surface area contributed by atoms with Crippen molar-refractivity contribution in [3.05, 3.63) is 63.1 Å². The van der Waals surface area contributed by atoms with Gasteiger partial charge in [0.2, 0.25) is 11.8 Å². The second kappa shape index (κ2) is 13.7. The maximum absolute atomic E-state index is 13.3. The Kier molecular flexibility index (Phi) is 11.3. The molecular formula is C25H31Cl3N2O3. The predicted octanol–water partition coefficient (Wildman–Crippen LogP) is 6.39. The van der Waals surface area contributed by atoms with Crippen LogP contribution in [0.25, 0.3) is 0 Å². The van der Waals surface area contributed by atoms with E-state index in [0.717, 1.165) is 0 Å². The Morgan fingerprint density at radius 1 is 1.03 bits per heavy atom. The molecular weight excluding hydrogens is 483 g/mol. The number of carbonyl (C=O) groups is 2. The van der Waals surface area contributed by atoms with Crippen molar-refractivity contribution in [1.29, 1.82) is 0 Å². The molecule has 0 radical (unpaired) electrons. The Bertz CT molecular complexity index is 899. The van der Waals surface area contributed by atoms with Crippen LogP contribution in [0, 0.1) is 5.92 Å². The fourth-order valence-corrected chi connectivity index (χ4v) is 3.93. The molecule has 5 nitrogen and oxygen atoms in total. The lowest BCUT2D eigenvalue weighted by atomic mass is 10.1. The van der Waals surface area contributed by atoms with E-state index in [1.54, 1.807) is 47.4 Å². The van der Waals surface area contributed by atoms with Crippen molar-refractivity contribution < 1.29 is 14.3 Å². The van der Waals surface area contributed by atoms with E-state index in [2.05, 4.69) is 5.32 Å². The molecule has 0 fully saturated rings. The summed E-state index contributed by atoms with van der Waals surface area (Å²) in [6, 6.07) is 11.6. The molecule has 1 atom stereocenters. The number of carbonyl (C=O) groups excluding carboxylic acids is 2. The summed E-state index contributed by atoms with van der Waals surface area (Å²) < 4.78 is 5.70. The summed E-state index contributed by atoms with van der Waals surface area (Å²) in [6.45, 7) is 6.99. The molecule has 0 bridgehead atoms. The first-order valence-corrected chi connectivity index (χ1v) is 12.2. The maximum atomic E-state index is 13.3. The summed E-state index contributed by atoms with van der Waals surface area (Å²) in [7, 11) is 0. The maximum Gasteiger partial charge on any atom is 0.242 e. The molecule has 0 aliphatic carbocycles. The van der Waals surface area contributed by atoms with E-state index in [0.29, 0.717) is 58.3 Å². The number of rotatable bonds is 12. The van der Waals surface area contributed by atoms with Crippen molar-refractivity contribution in [2.24, 2.45) is 5.92 Å². The van der Waals surface area contributed by atoms with Crippen LogP contribution >= 0.6 is 34.8 Å². The third-order valence-corrected chi connectivity index (χ3v) is 6.04. The lowest BCUT2D eigenvalue weighted by Crippen LogP contribution is -2.49. The van der Waals surface area contributed by atoms with E-state index in [9.17, 15) is 9.59 Å². The molecule has 0 saturated carbocycles. The first-order valence-electron chi connectivity index (χ1n) is 11.1. The van der Waals surface area contributed by atoms with Crippen LogP contribution in [-0.2, 0) is 16.1 Å². The van der Waals surface area contributed by atoms with Crippen LogP contribution in [0.15, 0.2) is 42.5 Å². The average Bonchev–Trinajstić information content (AvgIpc) is 2.78. The first-order chi connectivity index (χ1) is 15.7. The van der Waals surface area contributed by atoms with Crippen LogP contribution in [0.4, 0.5) is 0 Å². The highest BCUT2D eigenvalue weighted by Crippen LogP contribution is 2.27. The molecule has 0 heterocycles. The molecule has 2 amide bonds. The highest BCUT2D eigenvalue weighted by molar-refractivity contribution is 6.36. The third kappa shape index (κ3) is 8.73. The number of halogens is 3. The van der Waals surface area contributed by atoms with Crippen molar-refractivity contribution >= 4 is 46.6 Å². The Morgan fingerprint density at radius 3 is 2.24 bits per heavy atom. The number of nitrogens with one attached hydrogen (secondary N) is 1. The smallest absolute Gasteiger partial charge is 0.242 e. The lowest BCUT2D eigenvalue weighted by molar-refractivity contribution is -0.141. The predicted molar refractivity (Wildman–Crippen MR) is 135 cm³/mol. The molecule has 1 N–H and O–H groups in total. The molecule has 0 spiro atoms. The van der Waals surface area contributed by atoms with Gasteiger partial charge in [0, 0.05) is 40.1 Å². The van der Waals surface area contributed by atoms with Crippen molar-refractivity contribution in [3.8, 4) is 5.75 Å². The van der Waals surface area contributed by atoms with E-state index >= 15 is 0 Å². The first kappa shape index (κ1) is 27.3. The van der Waals surface area contributed by atoms with E-state index in [-0.39, 0.29) is 24.8 Å². The summed E-state index contributed by atoms with van der Waals surface area (Å²) in [5.41, 5.74) is 0.627. The number of benzene rings is 2. The summed E-state index contributed by atoms with van der Waals surface area (Å²) in [5.74, 6) is 0.655. The molecule has 33 heavy (non-hydrogen) atoms. The molecule has 2 aromatic rings. The summed E-state index contributed by atoms with van der Waals surface area (Å²) >= 11 is 18.6. The van der Waals surface area contributed by atoms with Gasteiger partial charge in [-0.2, -0.15) is 0 Å². The Labute approximate surface area is 211 Å². The molecule has 1 unspecified atom stereocenters. The Balaban J connectivity index is 2.11. The summed E-state index contributed by atoms with van der Waals surface area (Å²) in [6.07, 6.45) is 1.20. The van der Waals surface area contributed by atoms with Gasteiger partial charge < -0.3 is 15.0 Å². The Hall–Kier alpha value is -1.95. The minimum Gasteiger partial charge on any atom is -0.494 e. The molecule has 0 aromatic heterocycles. The van der Waals surface area contributed by atoms with E-state index < -0.39 is 6.04 Å². The van der Waals surface area contributed by atoms with Gasteiger partial charge in [-0.15, -0.1) is 0 Å². The monoisotopic (exact) mass is 512 g/mol. The summed E-state index contributed by atoms with van der Waals surface area (Å²) in [4.78, 5) is 27.8. The molecule has 2 rings (SSSR count).